The van der Waals surface area contributed by atoms with Crippen molar-refractivity contribution in [1.29, 1.82) is 0 Å². The average molecular weight is 214 g/mol. The van der Waals surface area contributed by atoms with Crippen LogP contribution in [0.15, 0.2) is 0 Å². The lowest BCUT2D eigenvalue weighted by Gasteiger charge is -2.38. The molecule has 2 atom stereocenters. The van der Waals surface area contributed by atoms with E-state index in [2.05, 4.69) is 4.74 Å². The van der Waals surface area contributed by atoms with Crippen molar-refractivity contribution in [3.8, 4) is 0 Å². The molecule has 0 saturated carbocycles. The number of halogens is 3. The smallest absolute Gasteiger partial charge is 0.293 e. The highest BCUT2D eigenvalue weighted by molar-refractivity contribution is 4.46. The lowest BCUT2D eigenvalue weighted by Crippen LogP contribution is -2.53. The van der Waals surface area contributed by atoms with Crippen LogP contribution >= 0.6 is 0 Å². The summed E-state index contributed by atoms with van der Waals surface area (Å²) in [6, 6.07) is 0. The molecular formula is C9H19F3NO+. The molecule has 0 aromatic heterocycles. The van der Waals surface area contributed by atoms with Crippen LogP contribution in [-0.2, 0) is 4.74 Å². The lowest BCUT2D eigenvalue weighted by molar-refractivity contribution is -0.951. The molecule has 0 saturated heterocycles. The maximum Gasteiger partial charge on any atom is 0.293 e. The summed E-state index contributed by atoms with van der Waals surface area (Å²) in [5.74, 6) is 0. The Morgan fingerprint density at radius 1 is 1.14 bits per heavy atom. The van der Waals surface area contributed by atoms with Crippen LogP contribution in [0.1, 0.15) is 20.8 Å². The number of hydrogen-bond donors (Lipinski definition) is 0. The molecule has 0 heterocycles. The largest absolute Gasteiger partial charge is 0.302 e. The second-order valence-corrected chi connectivity index (χ2v) is 3.53. The van der Waals surface area contributed by atoms with Gasteiger partial charge in [0.25, 0.3) is 12.8 Å². The van der Waals surface area contributed by atoms with Crippen molar-refractivity contribution in [3.05, 3.63) is 0 Å². The Balaban J connectivity index is 4.24. The number of alkyl halides is 3. The molecule has 5 heteroatoms. The Bertz CT molecular complexity index is 162. The van der Waals surface area contributed by atoms with Gasteiger partial charge in [0.15, 0.2) is 6.23 Å². The zero-order chi connectivity index (χ0) is 11.4. The minimum Gasteiger partial charge on any atom is -0.302 e. The fraction of sp³-hybridized carbons (Fsp3) is 1.00. The molecule has 14 heavy (non-hydrogen) atoms. The first kappa shape index (κ1) is 13.7. The third-order valence-corrected chi connectivity index (χ3v) is 2.85. The van der Waals surface area contributed by atoms with Crippen molar-refractivity contribution in [1.82, 2.24) is 0 Å². The first-order chi connectivity index (χ1) is 6.37. The molecule has 0 spiro atoms. The fourth-order valence-electron chi connectivity index (χ4n) is 1.13. The maximum absolute atomic E-state index is 12.6. The minimum absolute atomic E-state index is 0.424. The van der Waals surface area contributed by atoms with Gasteiger partial charge in [0, 0.05) is 6.92 Å². The number of quaternary nitrogens is 1. The van der Waals surface area contributed by atoms with Gasteiger partial charge in [-0.1, -0.05) is 0 Å². The van der Waals surface area contributed by atoms with Crippen LogP contribution < -0.4 is 0 Å². The molecule has 0 N–H and O–H groups in total. The molecular weight excluding hydrogens is 195 g/mol. The third kappa shape index (κ3) is 3.46. The summed E-state index contributed by atoms with van der Waals surface area (Å²) < 4.78 is 41.4. The predicted molar refractivity (Wildman–Crippen MR) is 48.7 cm³/mol. The highest BCUT2D eigenvalue weighted by Gasteiger charge is 2.31. The van der Waals surface area contributed by atoms with Crippen LogP contribution in [0.3, 0.4) is 0 Å². The van der Waals surface area contributed by atoms with E-state index in [1.54, 1.807) is 6.92 Å². The Labute approximate surface area is 83.2 Å². The van der Waals surface area contributed by atoms with Gasteiger partial charge in [0.2, 0.25) is 0 Å². The van der Waals surface area contributed by atoms with E-state index < -0.39 is 19.0 Å². The summed E-state index contributed by atoms with van der Waals surface area (Å²) in [6.07, 6.45) is -6.12. The lowest BCUT2D eigenvalue weighted by atomic mass is 10.3. The normalized spacial score (nSPS) is 17.1. The molecule has 0 radical (unpaired) electrons. The Morgan fingerprint density at radius 2 is 1.57 bits per heavy atom. The second-order valence-electron chi connectivity index (χ2n) is 3.53. The standard InChI is InChI=1S/C9H19F3NO/c1-5-13(4,6-2)7(3)14-9(12)8(10)11/h7-9H,5-6H2,1-4H3/q+1. The van der Waals surface area contributed by atoms with Gasteiger partial charge in [-0.25, -0.2) is 13.2 Å². The molecule has 86 valence electrons. The second kappa shape index (κ2) is 5.56. The van der Waals surface area contributed by atoms with E-state index in [4.69, 9.17) is 0 Å². The van der Waals surface area contributed by atoms with Crippen molar-refractivity contribution in [2.75, 3.05) is 20.1 Å². The first-order valence-corrected chi connectivity index (χ1v) is 4.79. The zero-order valence-corrected chi connectivity index (χ0v) is 9.14. The van der Waals surface area contributed by atoms with Crippen LogP contribution in [0.2, 0.25) is 0 Å². The average Bonchev–Trinajstić information content (AvgIpc) is 2.16. The van der Waals surface area contributed by atoms with Gasteiger partial charge in [-0.05, 0) is 13.8 Å². The fourth-order valence-corrected chi connectivity index (χ4v) is 1.13. The van der Waals surface area contributed by atoms with Crippen molar-refractivity contribution < 1.29 is 22.4 Å². The van der Waals surface area contributed by atoms with Crippen LogP contribution in [0, 0.1) is 0 Å². The molecule has 0 rings (SSSR count). The summed E-state index contributed by atoms with van der Waals surface area (Å²) in [6.45, 7) is 6.88. The summed E-state index contributed by atoms with van der Waals surface area (Å²) in [4.78, 5) is 0. The van der Waals surface area contributed by atoms with Crippen LogP contribution in [0.25, 0.3) is 0 Å². The number of rotatable bonds is 6. The van der Waals surface area contributed by atoms with E-state index in [-0.39, 0.29) is 0 Å². The van der Waals surface area contributed by atoms with E-state index >= 15 is 0 Å². The molecule has 0 aliphatic heterocycles. The highest BCUT2D eigenvalue weighted by Crippen LogP contribution is 2.16. The predicted octanol–water partition coefficient (Wildman–Crippen LogP) is 2.40. The van der Waals surface area contributed by atoms with Crippen LogP contribution in [0.4, 0.5) is 13.2 Å². The monoisotopic (exact) mass is 214 g/mol. The van der Waals surface area contributed by atoms with Crippen molar-refractivity contribution in [2.24, 2.45) is 0 Å². The Hall–Kier alpha value is -0.290. The molecule has 0 bridgehead atoms. The summed E-state index contributed by atoms with van der Waals surface area (Å²) >= 11 is 0. The molecule has 0 aliphatic rings. The minimum atomic E-state index is -3.07. The van der Waals surface area contributed by atoms with Crippen molar-refractivity contribution >= 4 is 0 Å². The van der Waals surface area contributed by atoms with Crippen molar-refractivity contribution in [3.63, 3.8) is 0 Å². The van der Waals surface area contributed by atoms with Crippen molar-refractivity contribution in [2.45, 2.75) is 39.8 Å². The quantitative estimate of drug-likeness (QED) is 0.487. The van der Waals surface area contributed by atoms with Gasteiger partial charge in [0.05, 0.1) is 20.1 Å². The van der Waals surface area contributed by atoms with Gasteiger partial charge in [-0.3, -0.25) is 4.74 Å². The van der Waals surface area contributed by atoms with Gasteiger partial charge >= 0.3 is 0 Å². The van der Waals surface area contributed by atoms with Crippen LogP contribution in [0.5, 0.6) is 0 Å². The Morgan fingerprint density at radius 3 is 1.86 bits per heavy atom. The molecule has 0 fully saturated rings. The third-order valence-electron chi connectivity index (χ3n) is 2.85. The molecule has 2 nitrogen and oxygen atoms in total. The van der Waals surface area contributed by atoms with Gasteiger partial charge in [-0.2, -0.15) is 0 Å². The molecule has 0 amide bonds. The van der Waals surface area contributed by atoms with Gasteiger partial charge in [-0.15, -0.1) is 0 Å². The summed E-state index contributed by atoms with van der Waals surface area (Å²) in [5.41, 5.74) is 0. The van der Waals surface area contributed by atoms with E-state index in [1.165, 1.54) is 0 Å². The van der Waals surface area contributed by atoms with E-state index in [0.717, 1.165) is 0 Å². The topological polar surface area (TPSA) is 9.23 Å². The summed E-state index contributed by atoms with van der Waals surface area (Å²) in [7, 11) is 1.85. The molecule has 0 aromatic rings. The SMILES string of the molecule is CC[N+](C)(CC)C(C)OC(F)C(F)F. The molecule has 0 aliphatic carbocycles. The first-order valence-electron chi connectivity index (χ1n) is 4.79. The summed E-state index contributed by atoms with van der Waals surface area (Å²) in [5, 5.41) is 0. The molecule has 0 aromatic carbocycles. The van der Waals surface area contributed by atoms with E-state index in [0.29, 0.717) is 17.6 Å². The molecule has 2 unspecified atom stereocenters. The maximum atomic E-state index is 12.6. The number of hydrogen-bond acceptors (Lipinski definition) is 1. The van der Waals surface area contributed by atoms with Crippen LogP contribution in [-0.4, -0.2) is 43.6 Å². The van der Waals surface area contributed by atoms with Gasteiger partial charge in [0.1, 0.15) is 0 Å². The highest BCUT2D eigenvalue weighted by atomic mass is 19.3. The number of nitrogens with zero attached hydrogens (tertiary/aromatic N) is 1. The number of ether oxygens (including phenoxy) is 1. The van der Waals surface area contributed by atoms with Gasteiger partial charge < -0.3 is 4.48 Å². The Kier molecular flexibility index (Phi) is 5.44. The van der Waals surface area contributed by atoms with E-state index in [1.807, 2.05) is 20.9 Å². The van der Waals surface area contributed by atoms with E-state index in [9.17, 15) is 13.2 Å². The zero-order valence-electron chi connectivity index (χ0n) is 9.14.